The monoisotopic (exact) mass is 480 g/mol. The maximum Gasteiger partial charge on any atom is 0.226 e. The van der Waals surface area contributed by atoms with E-state index in [1.807, 2.05) is 55.5 Å². The number of carbonyl (C=O) groups is 1. The number of carbonyl (C=O) groups excluding carboxylic acids is 1. The normalized spacial score (nSPS) is 15.1. The number of aryl methyl sites for hydroxylation is 2. The number of para-hydroxylation sites is 2. The molecule has 1 aliphatic rings. The summed E-state index contributed by atoms with van der Waals surface area (Å²) in [6.07, 6.45) is 0.338. The third-order valence-corrected chi connectivity index (χ3v) is 7.39. The van der Waals surface area contributed by atoms with Crippen molar-refractivity contribution in [3.8, 4) is 10.9 Å². The fourth-order valence-electron chi connectivity index (χ4n) is 4.65. The van der Waals surface area contributed by atoms with E-state index in [2.05, 4.69) is 36.5 Å². The van der Waals surface area contributed by atoms with Gasteiger partial charge in [-0.25, -0.2) is 4.98 Å². The lowest BCUT2D eigenvalue weighted by atomic mass is 9.85. The fraction of sp³-hybridized carbons (Fsp3) is 0.179. The summed E-state index contributed by atoms with van der Waals surface area (Å²) in [5, 5.41) is 8.61. The molecule has 6 nitrogen and oxygen atoms in total. The topological polar surface area (TPSA) is 69.0 Å². The molecule has 0 radical (unpaired) electrons. The minimum Gasteiger partial charge on any atom is -0.489 e. The molecule has 1 amide bonds. The second-order valence-electron chi connectivity index (χ2n) is 8.84. The Balaban J connectivity index is 1.39. The first-order chi connectivity index (χ1) is 17.1. The third-order valence-electron chi connectivity index (χ3n) is 6.38. The Kier molecular flexibility index (Phi) is 5.34. The molecular weight excluding hydrogens is 456 g/mol. The zero-order valence-electron chi connectivity index (χ0n) is 19.5. The molecule has 1 aliphatic heterocycles. The summed E-state index contributed by atoms with van der Waals surface area (Å²) in [6.45, 7) is 4.53. The van der Waals surface area contributed by atoms with Crippen LogP contribution in [-0.4, -0.2) is 20.7 Å². The van der Waals surface area contributed by atoms with Crippen molar-refractivity contribution in [3.63, 3.8) is 0 Å². The Morgan fingerprint density at radius 3 is 2.63 bits per heavy atom. The summed E-state index contributed by atoms with van der Waals surface area (Å²) in [5.41, 5.74) is 6.11. The highest BCUT2D eigenvalue weighted by Crippen LogP contribution is 2.43. The molecule has 1 atom stereocenters. The predicted molar refractivity (Wildman–Crippen MR) is 139 cm³/mol. The molecule has 0 bridgehead atoms. The average molecular weight is 481 g/mol. The Morgan fingerprint density at radius 2 is 1.80 bits per heavy atom. The summed E-state index contributed by atoms with van der Waals surface area (Å²) in [4.78, 5) is 17.6. The van der Waals surface area contributed by atoms with Crippen LogP contribution >= 0.6 is 11.3 Å². The first-order valence-corrected chi connectivity index (χ1v) is 12.4. The smallest absolute Gasteiger partial charge is 0.226 e. The molecule has 3 heterocycles. The van der Waals surface area contributed by atoms with Gasteiger partial charge in [0.2, 0.25) is 11.0 Å². The van der Waals surface area contributed by atoms with E-state index in [0.717, 1.165) is 43.5 Å². The van der Waals surface area contributed by atoms with Crippen LogP contribution in [0.15, 0.2) is 72.8 Å². The van der Waals surface area contributed by atoms with E-state index in [-0.39, 0.29) is 11.8 Å². The third kappa shape index (κ3) is 3.98. The van der Waals surface area contributed by atoms with Crippen molar-refractivity contribution in [1.82, 2.24) is 14.8 Å². The number of ether oxygens (including phenoxy) is 1. The zero-order chi connectivity index (χ0) is 23.9. The van der Waals surface area contributed by atoms with Gasteiger partial charge >= 0.3 is 0 Å². The number of benzene rings is 3. The van der Waals surface area contributed by atoms with Crippen molar-refractivity contribution in [2.24, 2.45) is 0 Å². The molecule has 0 saturated carbocycles. The van der Waals surface area contributed by atoms with Gasteiger partial charge in [0.1, 0.15) is 18.2 Å². The number of nitrogens with one attached hydrogen (secondary N) is 1. The van der Waals surface area contributed by atoms with E-state index in [0.29, 0.717) is 18.8 Å². The summed E-state index contributed by atoms with van der Waals surface area (Å²) >= 11 is 1.56. The second-order valence-corrected chi connectivity index (χ2v) is 9.85. The molecule has 0 aliphatic carbocycles. The molecule has 3 aromatic carbocycles. The van der Waals surface area contributed by atoms with E-state index in [9.17, 15) is 4.79 Å². The highest BCUT2D eigenvalue weighted by atomic mass is 32.1. The molecule has 6 rings (SSSR count). The molecule has 35 heavy (non-hydrogen) atoms. The summed E-state index contributed by atoms with van der Waals surface area (Å²) in [6, 6.07) is 24.3. The highest BCUT2D eigenvalue weighted by Gasteiger charge is 2.34. The lowest BCUT2D eigenvalue weighted by Gasteiger charge is -2.25. The molecule has 7 heteroatoms. The van der Waals surface area contributed by atoms with Gasteiger partial charge in [0.25, 0.3) is 0 Å². The van der Waals surface area contributed by atoms with Crippen LogP contribution in [-0.2, 0) is 11.4 Å². The summed E-state index contributed by atoms with van der Waals surface area (Å²) in [5.74, 6) is 1.27. The summed E-state index contributed by atoms with van der Waals surface area (Å²) < 4.78 is 9.12. The van der Waals surface area contributed by atoms with Crippen LogP contribution in [0.2, 0.25) is 0 Å². The van der Waals surface area contributed by atoms with E-state index >= 15 is 0 Å². The number of rotatable bonds is 5. The van der Waals surface area contributed by atoms with Gasteiger partial charge in [0, 0.05) is 23.5 Å². The minimum absolute atomic E-state index is 0.0434. The molecule has 0 fully saturated rings. The molecule has 1 unspecified atom stereocenters. The number of hydrogen-bond acceptors (Lipinski definition) is 5. The quantitative estimate of drug-likeness (QED) is 0.327. The molecule has 0 saturated heterocycles. The van der Waals surface area contributed by atoms with Crippen LogP contribution in [0.1, 0.15) is 40.3 Å². The van der Waals surface area contributed by atoms with Gasteiger partial charge in [-0.1, -0.05) is 71.5 Å². The van der Waals surface area contributed by atoms with Crippen LogP contribution in [0.25, 0.3) is 15.3 Å². The fourth-order valence-corrected chi connectivity index (χ4v) is 5.57. The first-order valence-electron chi connectivity index (χ1n) is 11.6. The highest BCUT2D eigenvalue weighted by molar-refractivity contribution is 7.20. The van der Waals surface area contributed by atoms with Crippen LogP contribution in [0, 0.1) is 13.8 Å². The Bertz CT molecular complexity index is 1520. The largest absolute Gasteiger partial charge is 0.489 e. The molecule has 1 N–H and O–H groups in total. The van der Waals surface area contributed by atoms with Crippen molar-refractivity contribution in [2.75, 3.05) is 5.32 Å². The van der Waals surface area contributed by atoms with Gasteiger partial charge in [-0.3, -0.25) is 4.79 Å². The average Bonchev–Trinajstić information content (AvgIpc) is 3.44. The predicted octanol–water partition coefficient (Wildman–Crippen LogP) is 6.15. The van der Waals surface area contributed by atoms with Crippen LogP contribution < -0.4 is 10.1 Å². The maximum atomic E-state index is 12.9. The second kappa shape index (κ2) is 8.67. The van der Waals surface area contributed by atoms with Crippen molar-refractivity contribution in [3.05, 3.63) is 101 Å². The van der Waals surface area contributed by atoms with E-state index in [4.69, 9.17) is 14.8 Å². The van der Waals surface area contributed by atoms with Gasteiger partial charge in [-0.2, -0.15) is 9.78 Å². The van der Waals surface area contributed by atoms with Crippen molar-refractivity contribution in [1.29, 1.82) is 0 Å². The number of thiazole rings is 1. The Morgan fingerprint density at radius 1 is 1.03 bits per heavy atom. The van der Waals surface area contributed by atoms with Crippen molar-refractivity contribution in [2.45, 2.75) is 32.8 Å². The lowest BCUT2D eigenvalue weighted by molar-refractivity contribution is -0.116. The number of nitrogens with zero attached hydrogens (tertiary/aromatic N) is 3. The van der Waals surface area contributed by atoms with Gasteiger partial charge in [0.15, 0.2) is 0 Å². The number of hydrogen-bond donors (Lipinski definition) is 1. The number of fused-ring (bicyclic) bond motifs is 2. The molecule has 174 valence electrons. The van der Waals surface area contributed by atoms with Crippen LogP contribution in [0.4, 0.5) is 5.82 Å². The minimum atomic E-state index is -0.156. The Hall–Kier alpha value is -3.97. The van der Waals surface area contributed by atoms with Crippen LogP contribution in [0.3, 0.4) is 0 Å². The van der Waals surface area contributed by atoms with Gasteiger partial charge in [-0.05, 0) is 37.6 Å². The van der Waals surface area contributed by atoms with Crippen molar-refractivity contribution >= 4 is 33.3 Å². The summed E-state index contributed by atoms with van der Waals surface area (Å²) in [7, 11) is 0. The number of amides is 1. The van der Waals surface area contributed by atoms with Crippen molar-refractivity contribution < 1.29 is 9.53 Å². The Labute approximate surface area is 207 Å². The van der Waals surface area contributed by atoms with E-state index < -0.39 is 0 Å². The number of anilines is 1. The number of aromatic nitrogens is 3. The van der Waals surface area contributed by atoms with Crippen LogP contribution in [0.5, 0.6) is 5.75 Å². The van der Waals surface area contributed by atoms with Gasteiger partial charge < -0.3 is 10.1 Å². The van der Waals surface area contributed by atoms with Gasteiger partial charge in [0.05, 0.1) is 15.9 Å². The molecule has 2 aromatic heterocycles. The lowest BCUT2D eigenvalue weighted by Crippen LogP contribution is -2.25. The van der Waals surface area contributed by atoms with E-state index in [1.54, 1.807) is 16.0 Å². The SMILES string of the molecule is Cc1ccc(COc2ccccc2C2CC(=O)Nc3c2c(C)nn3-c2nc3ccccc3s2)cc1. The standard InChI is InChI=1S/C28H24N4O2S/c1-17-11-13-19(14-12-17)16-34-23-9-5-3-7-20(23)21-15-25(33)30-27-26(21)18(2)31-32(27)28-29-22-8-4-6-10-24(22)35-28/h3-14,21H,15-16H2,1-2H3,(H,30,33). The molecule has 5 aromatic rings. The molecular formula is C28H24N4O2S. The first kappa shape index (κ1) is 21.6. The zero-order valence-corrected chi connectivity index (χ0v) is 20.3. The van der Waals surface area contributed by atoms with Gasteiger partial charge in [-0.15, -0.1) is 0 Å². The maximum absolute atomic E-state index is 12.9. The molecule has 0 spiro atoms. The van der Waals surface area contributed by atoms with E-state index in [1.165, 1.54) is 5.56 Å².